The van der Waals surface area contributed by atoms with E-state index in [4.69, 9.17) is 4.74 Å². The first-order chi connectivity index (χ1) is 7.21. The number of carboxylic acids is 1. The van der Waals surface area contributed by atoms with Crippen LogP contribution in [0.1, 0.15) is 18.4 Å². The second-order valence-electron chi connectivity index (χ2n) is 3.89. The van der Waals surface area contributed by atoms with Gasteiger partial charge < -0.3 is 9.84 Å². The van der Waals surface area contributed by atoms with Crippen molar-refractivity contribution in [2.75, 3.05) is 7.11 Å². The van der Waals surface area contributed by atoms with Crippen LogP contribution in [-0.4, -0.2) is 18.2 Å². The Hall–Kier alpha value is -1.35. The van der Waals surface area contributed by atoms with Crippen LogP contribution in [-0.2, 0) is 15.1 Å². The van der Waals surface area contributed by atoms with Gasteiger partial charge in [0.15, 0.2) is 5.60 Å². The Kier molecular flexibility index (Phi) is 2.49. The fraction of sp³-hybridized carbons (Fsp3) is 0.417. The highest BCUT2D eigenvalue weighted by Crippen LogP contribution is 2.48. The maximum atomic E-state index is 11.4. The van der Waals surface area contributed by atoms with Gasteiger partial charge in [-0.25, -0.2) is 4.79 Å². The summed E-state index contributed by atoms with van der Waals surface area (Å²) in [6.07, 6.45) is 1.85. The van der Waals surface area contributed by atoms with Crippen molar-refractivity contribution < 1.29 is 14.6 Å². The number of methoxy groups -OCH3 is 1. The van der Waals surface area contributed by atoms with E-state index >= 15 is 0 Å². The van der Waals surface area contributed by atoms with Crippen LogP contribution >= 0.6 is 0 Å². The van der Waals surface area contributed by atoms with E-state index in [1.807, 2.05) is 30.3 Å². The molecule has 1 aromatic carbocycles. The molecule has 0 saturated heterocycles. The quantitative estimate of drug-likeness (QED) is 0.819. The SMILES string of the molecule is COC(C(=O)O)(c1ccccc1)C1CC1. The Morgan fingerprint density at radius 1 is 1.40 bits per heavy atom. The lowest BCUT2D eigenvalue weighted by Crippen LogP contribution is -2.40. The number of hydrogen-bond donors (Lipinski definition) is 1. The largest absolute Gasteiger partial charge is 0.479 e. The Morgan fingerprint density at radius 3 is 2.40 bits per heavy atom. The van der Waals surface area contributed by atoms with Gasteiger partial charge in [-0.2, -0.15) is 0 Å². The summed E-state index contributed by atoms with van der Waals surface area (Å²) < 4.78 is 5.31. The fourth-order valence-electron chi connectivity index (χ4n) is 2.08. The molecule has 1 aliphatic carbocycles. The predicted octanol–water partition coefficient (Wildman–Crippen LogP) is 2.02. The van der Waals surface area contributed by atoms with Gasteiger partial charge in [-0.3, -0.25) is 0 Å². The average molecular weight is 206 g/mol. The first-order valence-corrected chi connectivity index (χ1v) is 5.06. The van der Waals surface area contributed by atoms with Crippen molar-refractivity contribution in [1.82, 2.24) is 0 Å². The van der Waals surface area contributed by atoms with Crippen LogP contribution in [0.5, 0.6) is 0 Å². The molecule has 0 bridgehead atoms. The summed E-state index contributed by atoms with van der Waals surface area (Å²) in [4.78, 5) is 11.4. The van der Waals surface area contributed by atoms with Crippen molar-refractivity contribution >= 4 is 5.97 Å². The van der Waals surface area contributed by atoms with Crippen LogP contribution in [0.4, 0.5) is 0 Å². The number of hydrogen-bond acceptors (Lipinski definition) is 2. The van der Waals surface area contributed by atoms with E-state index in [0.29, 0.717) is 0 Å². The van der Waals surface area contributed by atoms with E-state index < -0.39 is 11.6 Å². The van der Waals surface area contributed by atoms with E-state index in [2.05, 4.69) is 0 Å². The van der Waals surface area contributed by atoms with Crippen LogP contribution in [0.3, 0.4) is 0 Å². The summed E-state index contributed by atoms with van der Waals surface area (Å²) >= 11 is 0. The van der Waals surface area contributed by atoms with Crippen molar-refractivity contribution in [2.24, 2.45) is 5.92 Å². The molecule has 1 aliphatic rings. The Bertz CT molecular complexity index is 356. The number of carbonyl (C=O) groups is 1. The molecule has 2 rings (SSSR count). The Morgan fingerprint density at radius 2 is 2.00 bits per heavy atom. The third-order valence-corrected chi connectivity index (χ3v) is 2.99. The zero-order valence-electron chi connectivity index (χ0n) is 8.64. The molecule has 1 fully saturated rings. The van der Waals surface area contributed by atoms with Crippen LogP contribution in [0.2, 0.25) is 0 Å². The van der Waals surface area contributed by atoms with Crippen molar-refractivity contribution in [3.63, 3.8) is 0 Å². The summed E-state index contributed by atoms with van der Waals surface area (Å²) in [7, 11) is 1.47. The lowest BCUT2D eigenvalue weighted by molar-refractivity contribution is -0.167. The van der Waals surface area contributed by atoms with Gasteiger partial charge in [0.25, 0.3) is 0 Å². The summed E-state index contributed by atoms with van der Waals surface area (Å²) in [5, 5.41) is 9.36. The van der Waals surface area contributed by atoms with Gasteiger partial charge in [0.05, 0.1) is 0 Å². The Labute approximate surface area is 88.7 Å². The van der Waals surface area contributed by atoms with Crippen molar-refractivity contribution in [3.8, 4) is 0 Å². The molecule has 1 atom stereocenters. The van der Waals surface area contributed by atoms with Crippen LogP contribution in [0, 0.1) is 5.92 Å². The highest BCUT2D eigenvalue weighted by Gasteiger charge is 2.53. The molecule has 3 heteroatoms. The van der Waals surface area contributed by atoms with E-state index in [0.717, 1.165) is 18.4 Å². The molecule has 15 heavy (non-hydrogen) atoms. The molecular weight excluding hydrogens is 192 g/mol. The first-order valence-electron chi connectivity index (χ1n) is 5.06. The van der Waals surface area contributed by atoms with E-state index in [1.165, 1.54) is 7.11 Å². The van der Waals surface area contributed by atoms with Gasteiger partial charge in [-0.05, 0) is 18.4 Å². The second-order valence-corrected chi connectivity index (χ2v) is 3.89. The summed E-state index contributed by atoms with van der Waals surface area (Å²) in [6.45, 7) is 0. The molecule has 0 aliphatic heterocycles. The number of carboxylic acid groups (broad SMARTS) is 1. The molecule has 0 radical (unpaired) electrons. The van der Waals surface area contributed by atoms with Gasteiger partial charge >= 0.3 is 5.97 Å². The average Bonchev–Trinajstić information content (AvgIpc) is 3.05. The second kappa shape index (κ2) is 3.66. The van der Waals surface area contributed by atoms with Crippen molar-refractivity contribution in [3.05, 3.63) is 35.9 Å². The highest BCUT2D eigenvalue weighted by molar-refractivity contribution is 5.80. The van der Waals surface area contributed by atoms with Gasteiger partial charge in [0.1, 0.15) is 0 Å². The standard InChI is InChI=1S/C12H14O3/c1-15-12(11(13)14,10-7-8-10)9-5-3-2-4-6-9/h2-6,10H,7-8H2,1H3,(H,13,14). The molecule has 1 saturated carbocycles. The topological polar surface area (TPSA) is 46.5 Å². The molecule has 80 valence electrons. The molecule has 0 heterocycles. The van der Waals surface area contributed by atoms with E-state index in [1.54, 1.807) is 0 Å². The van der Waals surface area contributed by atoms with E-state index in [-0.39, 0.29) is 5.92 Å². The molecular formula is C12H14O3. The monoisotopic (exact) mass is 206 g/mol. The number of benzene rings is 1. The normalized spacial score (nSPS) is 19.5. The minimum absolute atomic E-state index is 0.113. The fourth-order valence-corrected chi connectivity index (χ4v) is 2.08. The van der Waals surface area contributed by atoms with Gasteiger partial charge in [-0.15, -0.1) is 0 Å². The Balaban J connectivity index is 2.45. The number of ether oxygens (including phenoxy) is 1. The lowest BCUT2D eigenvalue weighted by atomic mass is 9.88. The summed E-state index contributed by atoms with van der Waals surface area (Å²) in [6, 6.07) is 9.19. The van der Waals surface area contributed by atoms with Crippen molar-refractivity contribution in [1.29, 1.82) is 0 Å². The summed E-state index contributed by atoms with van der Waals surface area (Å²) in [5.41, 5.74) is -0.399. The number of aliphatic carboxylic acids is 1. The zero-order valence-corrected chi connectivity index (χ0v) is 8.64. The number of rotatable bonds is 4. The minimum atomic E-state index is -1.14. The maximum Gasteiger partial charge on any atom is 0.340 e. The third kappa shape index (κ3) is 1.53. The predicted molar refractivity (Wildman–Crippen MR) is 55.5 cm³/mol. The van der Waals surface area contributed by atoms with E-state index in [9.17, 15) is 9.90 Å². The zero-order chi connectivity index (χ0) is 10.9. The first kappa shape index (κ1) is 10.2. The molecule has 0 amide bonds. The molecule has 0 aromatic heterocycles. The lowest BCUT2D eigenvalue weighted by Gasteiger charge is -2.28. The van der Waals surface area contributed by atoms with Crippen LogP contribution in [0.25, 0.3) is 0 Å². The maximum absolute atomic E-state index is 11.4. The molecule has 1 aromatic rings. The molecule has 3 nitrogen and oxygen atoms in total. The van der Waals surface area contributed by atoms with Crippen molar-refractivity contribution in [2.45, 2.75) is 18.4 Å². The van der Waals surface area contributed by atoms with Gasteiger partial charge in [0.2, 0.25) is 0 Å². The minimum Gasteiger partial charge on any atom is -0.479 e. The van der Waals surface area contributed by atoms with Crippen LogP contribution < -0.4 is 0 Å². The van der Waals surface area contributed by atoms with Gasteiger partial charge in [0, 0.05) is 13.0 Å². The van der Waals surface area contributed by atoms with Gasteiger partial charge in [-0.1, -0.05) is 30.3 Å². The smallest absolute Gasteiger partial charge is 0.340 e. The molecule has 0 spiro atoms. The molecule has 1 unspecified atom stereocenters. The highest BCUT2D eigenvalue weighted by atomic mass is 16.5. The van der Waals surface area contributed by atoms with Crippen LogP contribution in [0.15, 0.2) is 30.3 Å². The third-order valence-electron chi connectivity index (χ3n) is 2.99. The summed E-state index contributed by atoms with van der Waals surface area (Å²) in [5.74, 6) is -0.777. The molecule has 1 N–H and O–H groups in total.